The van der Waals surface area contributed by atoms with Gasteiger partial charge < -0.3 is 15.4 Å². The Balaban J connectivity index is 2.78. The third-order valence-electron chi connectivity index (χ3n) is 1.39. The molecule has 0 saturated heterocycles. The molecule has 0 bridgehead atoms. The molecule has 1 aromatic heterocycles. The van der Waals surface area contributed by atoms with E-state index >= 15 is 0 Å². The van der Waals surface area contributed by atoms with Crippen molar-refractivity contribution in [2.45, 2.75) is 19.6 Å². The zero-order valence-corrected chi connectivity index (χ0v) is 6.44. The predicted molar refractivity (Wildman–Crippen MR) is 39.7 cm³/mol. The number of aromatic nitrogens is 3. The van der Waals surface area contributed by atoms with Gasteiger partial charge in [0.15, 0.2) is 5.82 Å². The molecule has 0 aliphatic rings. The minimum absolute atomic E-state index is 0.526. The van der Waals surface area contributed by atoms with Gasteiger partial charge in [0.05, 0.1) is 0 Å². The average Bonchev–Trinajstić information content (AvgIpc) is 2.36. The number of nitrogens with two attached hydrogens (primary N) is 1. The molecule has 1 atom stereocenters. The number of hydrogen-bond acceptors (Lipinski definition) is 4. The molecule has 0 aromatic carbocycles. The van der Waals surface area contributed by atoms with Gasteiger partial charge in [-0.05, 0) is 6.92 Å². The molecule has 0 amide bonds. The average molecular weight is 156 g/mol. The number of rotatable bonds is 3. The molecule has 0 fully saturated rings. The van der Waals surface area contributed by atoms with Crippen molar-refractivity contribution in [2.75, 3.05) is 6.54 Å². The molecule has 0 saturated carbocycles. The van der Waals surface area contributed by atoms with E-state index in [9.17, 15) is 0 Å². The first-order valence-electron chi connectivity index (χ1n) is 3.51. The lowest BCUT2D eigenvalue weighted by molar-refractivity contribution is 0.183. The summed E-state index contributed by atoms with van der Waals surface area (Å²) in [7, 11) is 0. The number of hydrogen-bond donors (Lipinski definition) is 2. The van der Waals surface area contributed by atoms with E-state index in [-0.39, 0.29) is 0 Å². The zero-order chi connectivity index (χ0) is 8.27. The fourth-order valence-corrected chi connectivity index (χ4v) is 0.899. The van der Waals surface area contributed by atoms with Crippen LogP contribution in [0.5, 0.6) is 0 Å². The molecule has 62 valence electrons. The molecular weight excluding hydrogens is 144 g/mol. The van der Waals surface area contributed by atoms with Gasteiger partial charge in [-0.2, -0.15) is 0 Å². The third kappa shape index (κ3) is 1.75. The molecule has 5 nitrogen and oxygen atoms in total. The maximum atomic E-state index is 9.16. The molecule has 5 heteroatoms. The topological polar surface area (TPSA) is 77.0 Å². The van der Waals surface area contributed by atoms with Crippen LogP contribution in [0.15, 0.2) is 6.33 Å². The normalized spacial score (nSPS) is 13.4. The molecule has 1 rings (SSSR count). The van der Waals surface area contributed by atoms with Crippen LogP contribution in [0.2, 0.25) is 0 Å². The lowest BCUT2D eigenvalue weighted by Crippen LogP contribution is -2.13. The van der Waals surface area contributed by atoms with Gasteiger partial charge in [0.2, 0.25) is 0 Å². The van der Waals surface area contributed by atoms with E-state index in [0.29, 0.717) is 18.9 Å². The highest BCUT2D eigenvalue weighted by atomic mass is 16.3. The van der Waals surface area contributed by atoms with Crippen LogP contribution in [-0.2, 0) is 6.54 Å². The first-order valence-corrected chi connectivity index (χ1v) is 3.51. The molecule has 1 aromatic rings. The van der Waals surface area contributed by atoms with Crippen LogP contribution < -0.4 is 5.73 Å². The van der Waals surface area contributed by atoms with Gasteiger partial charge in [-0.25, -0.2) is 0 Å². The first-order chi connectivity index (χ1) is 5.25. The summed E-state index contributed by atoms with van der Waals surface area (Å²) in [6.45, 7) is 2.82. The zero-order valence-electron chi connectivity index (χ0n) is 6.44. The van der Waals surface area contributed by atoms with E-state index < -0.39 is 6.10 Å². The van der Waals surface area contributed by atoms with Crippen molar-refractivity contribution in [2.24, 2.45) is 5.73 Å². The summed E-state index contributed by atoms with van der Waals surface area (Å²) in [5.74, 6) is 0.565. The Bertz CT molecular complexity index is 220. The van der Waals surface area contributed by atoms with Crippen LogP contribution in [-0.4, -0.2) is 26.4 Å². The van der Waals surface area contributed by atoms with Gasteiger partial charge in [0, 0.05) is 13.1 Å². The Hall–Kier alpha value is -0.940. The maximum absolute atomic E-state index is 9.16. The smallest absolute Gasteiger partial charge is 0.161 e. The van der Waals surface area contributed by atoms with Gasteiger partial charge in [0.25, 0.3) is 0 Å². The number of aliphatic hydroxyl groups excluding tert-OH is 1. The van der Waals surface area contributed by atoms with Crippen LogP contribution >= 0.6 is 0 Å². The molecule has 11 heavy (non-hydrogen) atoms. The third-order valence-corrected chi connectivity index (χ3v) is 1.39. The highest BCUT2D eigenvalue weighted by Gasteiger charge is 2.07. The van der Waals surface area contributed by atoms with Crippen molar-refractivity contribution in [1.82, 2.24) is 14.8 Å². The second-order valence-corrected chi connectivity index (χ2v) is 2.35. The molecule has 1 unspecified atom stereocenters. The Labute approximate surface area is 64.9 Å². The summed E-state index contributed by atoms with van der Waals surface area (Å²) in [6.07, 6.45) is 0.985. The second-order valence-electron chi connectivity index (χ2n) is 2.35. The van der Waals surface area contributed by atoms with E-state index in [0.717, 1.165) is 0 Å². The van der Waals surface area contributed by atoms with Crippen LogP contribution in [0.3, 0.4) is 0 Å². The highest BCUT2D eigenvalue weighted by molar-refractivity contribution is 4.88. The Kier molecular flexibility index (Phi) is 2.56. The largest absolute Gasteiger partial charge is 0.385 e. The Morgan fingerprint density at radius 2 is 2.55 bits per heavy atom. The van der Waals surface area contributed by atoms with Gasteiger partial charge in [-0.3, -0.25) is 0 Å². The van der Waals surface area contributed by atoms with Crippen molar-refractivity contribution >= 4 is 0 Å². The van der Waals surface area contributed by atoms with Gasteiger partial charge >= 0.3 is 0 Å². The number of aliphatic hydroxyl groups is 1. The van der Waals surface area contributed by atoms with Crippen LogP contribution in [0.25, 0.3) is 0 Å². The number of nitrogens with zero attached hydrogens (tertiary/aromatic N) is 3. The second kappa shape index (κ2) is 3.45. The van der Waals surface area contributed by atoms with Crippen molar-refractivity contribution < 1.29 is 5.11 Å². The summed E-state index contributed by atoms with van der Waals surface area (Å²) < 4.78 is 1.74. The van der Waals surface area contributed by atoms with Crippen molar-refractivity contribution in [3.05, 3.63) is 12.2 Å². The molecule has 3 N–H and O–H groups in total. The fourth-order valence-electron chi connectivity index (χ4n) is 0.899. The molecule has 0 aliphatic heterocycles. The Morgan fingerprint density at radius 1 is 1.82 bits per heavy atom. The van der Waals surface area contributed by atoms with Gasteiger partial charge in [-0.15, -0.1) is 10.2 Å². The lowest BCUT2D eigenvalue weighted by Gasteiger charge is -2.05. The summed E-state index contributed by atoms with van der Waals surface area (Å²) in [5, 5.41) is 16.6. The van der Waals surface area contributed by atoms with Crippen molar-refractivity contribution in [1.29, 1.82) is 0 Å². The minimum atomic E-state index is -0.580. The van der Waals surface area contributed by atoms with Crippen molar-refractivity contribution in [3.8, 4) is 0 Å². The summed E-state index contributed by atoms with van der Waals surface area (Å²) in [4.78, 5) is 0. The van der Waals surface area contributed by atoms with Crippen LogP contribution in [0.4, 0.5) is 0 Å². The van der Waals surface area contributed by atoms with E-state index in [1.165, 1.54) is 0 Å². The summed E-state index contributed by atoms with van der Waals surface area (Å²) >= 11 is 0. The van der Waals surface area contributed by atoms with E-state index in [1.807, 2.05) is 0 Å². The lowest BCUT2D eigenvalue weighted by atomic mass is 10.4. The maximum Gasteiger partial charge on any atom is 0.161 e. The molecule has 1 heterocycles. The summed E-state index contributed by atoms with van der Waals surface area (Å²) in [5.41, 5.74) is 5.33. The molecular formula is C6H12N4O. The standard InChI is InChI=1S/C6H12N4O/c1-5(11)6-9-8-4-10(6)3-2-7/h4-5,11H,2-3,7H2,1H3. The molecule has 0 aliphatic carbocycles. The van der Waals surface area contributed by atoms with Crippen LogP contribution in [0.1, 0.15) is 18.9 Å². The van der Waals surface area contributed by atoms with Crippen molar-refractivity contribution in [3.63, 3.8) is 0 Å². The summed E-state index contributed by atoms with van der Waals surface area (Å²) in [6, 6.07) is 0. The minimum Gasteiger partial charge on any atom is -0.385 e. The first kappa shape index (κ1) is 8.16. The monoisotopic (exact) mass is 156 g/mol. The quantitative estimate of drug-likeness (QED) is 0.606. The van der Waals surface area contributed by atoms with E-state index in [4.69, 9.17) is 10.8 Å². The Morgan fingerprint density at radius 3 is 3.09 bits per heavy atom. The highest BCUT2D eigenvalue weighted by Crippen LogP contribution is 2.06. The molecule has 0 radical (unpaired) electrons. The van der Waals surface area contributed by atoms with E-state index in [2.05, 4.69) is 10.2 Å². The van der Waals surface area contributed by atoms with E-state index in [1.54, 1.807) is 17.8 Å². The van der Waals surface area contributed by atoms with Crippen LogP contribution in [0, 0.1) is 0 Å². The fraction of sp³-hybridized carbons (Fsp3) is 0.667. The SMILES string of the molecule is CC(O)c1nncn1CCN. The van der Waals surface area contributed by atoms with Gasteiger partial charge in [0.1, 0.15) is 12.4 Å². The van der Waals surface area contributed by atoms with Gasteiger partial charge in [-0.1, -0.05) is 0 Å². The predicted octanol–water partition coefficient (Wildman–Crippen LogP) is -0.710. The molecule has 0 spiro atoms.